The molecule has 0 radical (unpaired) electrons. The van der Waals surface area contributed by atoms with Crippen molar-refractivity contribution in [1.29, 1.82) is 0 Å². The summed E-state index contributed by atoms with van der Waals surface area (Å²) >= 11 is 0. The SMILES string of the molecule is C=CCOC(=O)NOC(C)(C(=O)OC(C)(C)C)[C@H]1CCc2cc(-c3cn(CCCNC(=O)OC(C)(C)C)[n+](CC4CN(C(=O)OC(C)(C)C)C4)c3)ccc2O1.O=S(=O)([O-])C(F)(F)F. The van der Waals surface area contributed by atoms with Crippen molar-refractivity contribution in [2.24, 2.45) is 5.92 Å². The molecule has 0 bridgehead atoms. The second-order valence-corrected chi connectivity index (χ2v) is 19.5. The number of fused-ring (bicyclic) bond motifs is 1. The Labute approximate surface area is 366 Å². The third kappa shape index (κ3) is 16.5. The topological polar surface area (TPSA) is 217 Å². The molecule has 1 saturated heterocycles. The van der Waals surface area contributed by atoms with Crippen LogP contribution in [0.15, 0.2) is 43.2 Å². The van der Waals surface area contributed by atoms with Crippen LogP contribution in [0.4, 0.5) is 27.6 Å². The molecule has 1 aromatic carbocycles. The lowest BCUT2D eigenvalue weighted by atomic mass is 9.89. The molecule has 22 heteroatoms. The largest absolute Gasteiger partial charge is 0.741 e. The van der Waals surface area contributed by atoms with E-state index in [0.29, 0.717) is 57.7 Å². The number of halogens is 3. The average molecular weight is 920 g/mol. The normalized spacial score (nSPS) is 16.7. The van der Waals surface area contributed by atoms with Crippen LogP contribution in [0.2, 0.25) is 0 Å². The Morgan fingerprint density at radius 1 is 0.937 bits per heavy atom. The Morgan fingerprint density at radius 2 is 1.54 bits per heavy atom. The maximum absolute atomic E-state index is 13.5. The quantitative estimate of drug-likeness (QED) is 0.0350. The van der Waals surface area contributed by atoms with Gasteiger partial charge in [0.1, 0.15) is 35.3 Å². The van der Waals surface area contributed by atoms with Gasteiger partial charge >= 0.3 is 29.8 Å². The van der Waals surface area contributed by atoms with Crippen LogP contribution in [-0.2, 0) is 58.2 Å². The Morgan fingerprint density at radius 3 is 2.10 bits per heavy atom. The Kier molecular flexibility index (Phi) is 17.1. The lowest BCUT2D eigenvalue weighted by molar-refractivity contribution is -0.781. The Balaban J connectivity index is 0.00000120. The molecule has 0 saturated carbocycles. The van der Waals surface area contributed by atoms with Crippen LogP contribution >= 0.6 is 0 Å². The van der Waals surface area contributed by atoms with Crippen molar-refractivity contribution in [3.05, 3.63) is 48.8 Å². The number of hydrogen-bond donors (Lipinski definition) is 2. The van der Waals surface area contributed by atoms with Gasteiger partial charge in [0, 0.05) is 19.6 Å². The first-order chi connectivity index (χ1) is 28.8. The summed E-state index contributed by atoms with van der Waals surface area (Å²) in [7, 11) is -6.09. The number of hydrogen-bond acceptors (Lipinski definition) is 13. The van der Waals surface area contributed by atoms with Crippen molar-refractivity contribution in [3.63, 3.8) is 0 Å². The van der Waals surface area contributed by atoms with Gasteiger partial charge in [-0.25, -0.2) is 32.4 Å². The van der Waals surface area contributed by atoms with Gasteiger partial charge in [-0.15, -0.1) is 4.68 Å². The monoisotopic (exact) mass is 919 g/mol. The summed E-state index contributed by atoms with van der Waals surface area (Å²) in [5, 5.41) is 2.83. The standard InChI is InChI=1S/C40H59N5O10.CHF3O3S/c1-12-20-50-35(48)42-55-40(11,33(46)52-37(2,3)4)32-17-15-29-21-28(14-16-31(29)51-32)30-25-44(19-13-18-41-34(47)53-38(5,6)7)45(26-30)24-27-22-43(23-27)36(49)54-39(8,9)10;2-1(3,4)8(5,6)7/h12,14,16,21,25-27,32H,1,13,15,17-20,22-24H2,2-11H3,(H-,41,42,47,48);(H,5,6,7)/t32-,40?;/m1./s1. The lowest BCUT2D eigenvalue weighted by Gasteiger charge is -2.38. The number of likely N-dealkylation sites (tertiary alicyclic amines) is 1. The van der Waals surface area contributed by atoms with Crippen molar-refractivity contribution >= 4 is 34.4 Å². The molecule has 2 aromatic rings. The molecule has 354 valence electrons. The summed E-state index contributed by atoms with van der Waals surface area (Å²) < 4.78 is 91.1. The highest BCUT2D eigenvalue weighted by molar-refractivity contribution is 7.86. The maximum atomic E-state index is 13.5. The number of aromatic nitrogens is 2. The van der Waals surface area contributed by atoms with Crippen LogP contribution in [-0.4, -0.2) is 107 Å². The van der Waals surface area contributed by atoms with E-state index in [1.807, 2.05) is 53.7 Å². The highest BCUT2D eigenvalue weighted by atomic mass is 32.2. The van der Waals surface area contributed by atoms with Gasteiger partial charge in [-0.2, -0.15) is 23.3 Å². The van der Waals surface area contributed by atoms with Gasteiger partial charge in [0.25, 0.3) is 0 Å². The van der Waals surface area contributed by atoms with Crippen molar-refractivity contribution in [3.8, 4) is 16.9 Å². The number of nitrogens with one attached hydrogen (secondary N) is 2. The van der Waals surface area contributed by atoms with Gasteiger partial charge in [0.2, 0.25) is 11.8 Å². The first kappa shape index (κ1) is 52.3. The molecule has 1 unspecified atom stereocenters. The number of esters is 1. The minimum absolute atomic E-state index is 0.0318. The first-order valence-electron chi connectivity index (χ1n) is 20.1. The van der Waals surface area contributed by atoms with Gasteiger partial charge in [0.15, 0.2) is 16.7 Å². The molecule has 1 aromatic heterocycles. The zero-order chi connectivity index (χ0) is 47.8. The molecule has 2 aliphatic rings. The van der Waals surface area contributed by atoms with Crippen molar-refractivity contribution in [2.75, 3.05) is 26.2 Å². The number of hydroxylamine groups is 1. The second kappa shape index (κ2) is 20.6. The summed E-state index contributed by atoms with van der Waals surface area (Å²) in [6.07, 6.45) is 4.79. The molecule has 63 heavy (non-hydrogen) atoms. The van der Waals surface area contributed by atoms with Gasteiger partial charge in [-0.05, 0) is 112 Å². The van der Waals surface area contributed by atoms with Gasteiger partial charge in [0.05, 0.1) is 24.2 Å². The molecule has 0 spiro atoms. The first-order valence-corrected chi connectivity index (χ1v) is 21.5. The Bertz CT molecular complexity index is 2050. The van der Waals surface area contributed by atoms with Crippen LogP contribution in [0.3, 0.4) is 0 Å². The van der Waals surface area contributed by atoms with Crippen LogP contribution < -0.4 is 20.2 Å². The van der Waals surface area contributed by atoms with E-state index < -0.39 is 62.3 Å². The van der Waals surface area contributed by atoms with E-state index in [0.717, 1.165) is 16.7 Å². The van der Waals surface area contributed by atoms with Crippen LogP contribution in [0.5, 0.6) is 5.75 Å². The number of carbonyl (C=O) groups is 4. The van der Waals surface area contributed by atoms with E-state index in [1.165, 1.54) is 13.0 Å². The van der Waals surface area contributed by atoms with Crippen molar-refractivity contribution < 1.29 is 78.5 Å². The number of alkyl halides is 3. The van der Waals surface area contributed by atoms with Crippen LogP contribution in [0.1, 0.15) is 87.6 Å². The van der Waals surface area contributed by atoms with E-state index in [2.05, 4.69) is 45.2 Å². The molecule has 2 atom stereocenters. The number of alkyl carbamates (subject to hydrolysis) is 1. The highest BCUT2D eigenvalue weighted by Crippen LogP contribution is 2.37. The number of ether oxygens (including phenoxy) is 5. The van der Waals surface area contributed by atoms with Crippen molar-refractivity contribution in [1.82, 2.24) is 20.4 Å². The highest BCUT2D eigenvalue weighted by Gasteiger charge is 2.50. The molecule has 2 N–H and O–H groups in total. The minimum atomic E-state index is -6.09. The zero-order valence-electron chi connectivity index (χ0n) is 37.4. The van der Waals surface area contributed by atoms with E-state index in [-0.39, 0.29) is 18.6 Å². The molecule has 3 amide bonds. The van der Waals surface area contributed by atoms with Crippen LogP contribution in [0, 0.1) is 5.92 Å². The fourth-order valence-corrected chi connectivity index (χ4v) is 6.06. The van der Waals surface area contributed by atoms with E-state index in [9.17, 15) is 32.3 Å². The molecule has 18 nitrogen and oxygen atoms in total. The fourth-order valence-electron chi connectivity index (χ4n) is 6.06. The third-order valence-electron chi connectivity index (χ3n) is 8.91. The van der Waals surface area contributed by atoms with E-state index in [1.54, 1.807) is 25.7 Å². The fraction of sp³-hybridized carbons (Fsp3) is 0.634. The van der Waals surface area contributed by atoms with Gasteiger partial charge < -0.3 is 38.5 Å². The Hall–Kier alpha value is -5.09. The summed E-state index contributed by atoms with van der Waals surface area (Å²) in [4.78, 5) is 57.9. The number of nitrogens with zero attached hydrogens (tertiary/aromatic N) is 3. The minimum Gasteiger partial charge on any atom is -0.741 e. The van der Waals surface area contributed by atoms with Gasteiger partial charge in [-0.3, -0.25) is 0 Å². The number of carbonyl (C=O) groups excluding carboxylic acids is 4. The maximum Gasteiger partial charge on any atom is 0.485 e. The number of amides is 3. The molecule has 2 aliphatic heterocycles. The summed E-state index contributed by atoms with van der Waals surface area (Å²) in [6, 6.07) is 5.90. The summed E-state index contributed by atoms with van der Waals surface area (Å²) in [5.74, 6) is 0.138. The summed E-state index contributed by atoms with van der Waals surface area (Å²) in [5.41, 5.74) is -4.18. The second-order valence-electron chi connectivity index (χ2n) is 18.1. The lowest BCUT2D eigenvalue weighted by Crippen LogP contribution is -2.58. The molecule has 0 aliphatic carbocycles. The molecule has 1 fully saturated rings. The molecule has 3 heterocycles. The van der Waals surface area contributed by atoms with E-state index in [4.69, 9.17) is 41.5 Å². The smallest absolute Gasteiger partial charge is 0.485 e. The zero-order valence-corrected chi connectivity index (χ0v) is 38.2. The van der Waals surface area contributed by atoms with Crippen LogP contribution in [0.25, 0.3) is 11.1 Å². The summed E-state index contributed by atoms with van der Waals surface area (Å²) in [6.45, 7) is 24.3. The number of aryl methyl sites for hydroxylation is 2. The average Bonchev–Trinajstić information content (AvgIpc) is 3.51. The van der Waals surface area contributed by atoms with E-state index >= 15 is 0 Å². The van der Waals surface area contributed by atoms with Gasteiger partial charge in [-0.1, -0.05) is 18.7 Å². The predicted octanol–water partition coefficient (Wildman–Crippen LogP) is 5.91. The van der Waals surface area contributed by atoms with Crippen molar-refractivity contribution in [2.45, 2.75) is 136 Å². The number of benzene rings is 1. The predicted molar refractivity (Wildman–Crippen MR) is 219 cm³/mol. The molecular weight excluding hydrogens is 860 g/mol. The third-order valence-corrected chi connectivity index (χ3v) is 9.48. The molecule has 4 rings (SSSR count). The molecular formula is C41H60F3N5O13S. The number of rotatable bonds is 13.